The molecule has 7 rings (SSSR count). The minimum atomic E-state index is -1.04. The van der Waals surface area contributed by atoms with E-state index in [9.17, 15) is 13.2 Å². The molecular formula is C18H13ClF3N5. The summed E-state index contributed by atoms with van der Waals surface area (Å²) in [6.45, 7) is 0. The summed E-state index contributed by atoms with van der Waals surface area (Å²) in [5, 5.41) is 7.54. The highest BCUT2D eigenvalue weighted by Crippen LogP contribution is 2.74. The topological polar surface area (TPSA) is 55.1 Å². The number of anilines is 1. The summed E-state index contributed by atoms with van der Waals surface area (Å²) in [4.78, 5) is 8.15. The van der Waals surface area contributed by atoms with E-state index >= 15 is 0 Å². The zero-order valence-electron chi connectivity index (χ0n) is 13.9. The van der Waals surface area contributed by atoms with E-state index in [2.05, 4.69) is 20.4 Å². The SMILES string of the molecule is Fc1cc(F)c(-c2c(Cl)nc3ncnn3c2NC23CC4CC2C3C4)c(F)c1. The van der Waals surface area contributed by atoms with Crippen LogP contribution in [-0.2, 0) is 0 Å². The summed E-state index contributed by atoms with van der Waals surface area (Å²) in [5.74, 6) is -0.688. The van der Waals surface area contributed by atoms with Crippen LogP contribution in [0.5, 0.6) is 0 Å². The van der Waals surface area contributed by atoms with Crippen LogP contribution in [0.25, 0.3) is 16.9 Å². The maximum Gasteiger partial charge on any atom is 0.255 e. The zero-order chi connectivity index (χ0) is 18.5. The van der Waals surface area contributed by atoms with Gasteiger partial charge in [0.1, 0.15) is 34.7 Å². The van der Waals surface area contributed by atoms with Gasteiger partial charge >= 0.3 is 0 Å². The summed E-state index contributed by atoms with van der Waals surface area (Å²) >= 11 is 6.32. The molecule has 4 aliphatic rings. The van der Waals surface area contributed by atoms with Gasteiger partial charge < -0.3 is 5.32 Å². The lowest BCUT2D eigenvalue weighted by Gasteiger charge is -2.21. The van der Waals surface area contributed by atoms with Gasteiger partial charge in [-0.2, -0.15) is 19.6 Å². The summed E-state index contributed by atoms with van der Waals surface area (Å²) in [6, 6.07) is 1.27. The van der Waals surface area contributed by atoms with Gasteiger partial charge in [0.2, 0.25) is 0 Å². The van der Waals surface area contributed by atoms with Crippen LogP contribution >= 0.6 is 11.6 Å². The van der Waals surface area contributed by atoms with Crippen molar-refractivity contribution in [1.82, 2.24) is 19.6 Å². The molecule has 4 fully saturated rings. The van der Waals surface area contributed by atoms with Crippen molar-refractivity contribution in [3.63, 3.8) is 0 Å². The number of hydrogen-bond donors (Lipinski definition) is 1. The Balaban J connectivity index is 1.60. The lowest BCUT2D eigenvalue weighted by atomic mass is 10.1. The van der Waals surface area contributed by atoms with E-state index in [0.29, 0.717) is 35.7 Å². The molecule has 1 aromatic carbocycles. The minimum Gasteiger partial charge on any atom is -0.363 e. The van der Waals surface area contributed by atoms with Gasteiger partial charge in [-0.1, -0.05) is 11.6 Å². The first-order chi connectivity index (χ1) is 13.0. The molecule has 0 spiro atoms. The van der Waals surface area contributed by atoms with Crippen molar-refractivity contribution < 1.29 is 13.2 Å². The Bertz CT molecular complexity index is 1090. The highest BCUT2D eigenvalue weighted by atomic mass is 35.5. The molecule has 0 aliphatic heterocycles. The Morgan fingerprint density at radius 3 is 2.44 bits per heavy atom. The fourth-order valence-corrected chi connectivity index (χ4v) is 5.77. The van der Waals surface area contributed by atoms with Crippen molar-refractivity contribution >= 4 is 23.2 Å². The molecule has 0 amide bonds. The first-order valence-electron chi connectivity index (χ1n) is 8.80. The van der Waals surface area contributed by atoms with Gasteiger partial charge in [-0.25, -0.2) is 13.2 Å². The Morgan fingerprint density at radius 2 is 1.81 bits per heavy atom. The third-order valence-corrected chi connectivity index (χ3v) is 6.77. The smallest absolute Gasteiger partial charge is 0.255 e. The largest absolute Gasteiger partial charge is 0.363 e. The van der Waals surface area contributed by atoms with E-state index in [1.165, 1.54) is 23.7 Å². The van der Waals surface area contributed by atoms with Crippen molar-refractivity contribution in [2.75, 3.05) is 5.32 Å². The predicted molar refractivity (Wildman–Crippen MR) is 91.8 cm³/mol. The molecule has 1 N–H and O–H groups in total. The van der Waals surface area contributed by atoms with Gasteiger partial charge in [0.05, 0.1) is 11.1 Å². The Kier molecular flexibility index (Phi) is 2.86. The van der Waals surface area contributed by atoms with E-state index in [0.717, 1.165) is 6.42 Å². The quantitative estimate of drug-likeness (QED) is 0.684. The van der Waals surface area contributed by atoms with Gasteiger partial charge in [0.15, 0.2) is 0 Å². The van der Waals surface area contributed by atoms with Crippen LogP contribution in [0.15, 0.2) is 18.5 Å². The number of aromatic nitrogens is 4. The van der Waals surface area contributed by atoms with Gasteiger partial charge in [-0.15, -0.1) is 0 Å². The molecule has 2 unspecified atom stereocenters. The van der Waals surface area contributed by atoms with Crippen molar-refractivity contribution in [3.8, 4) is 11.1 Å². The molecule has 3 aromatic rings. The van der Waals surface area contributed by atoms with Crippen LogP contribution in [0.2, 0.25) is 5.15 Å². The van der Waals surface area contributed by atoms with Crippen LogP contribution < -0.4 is 5.32 Å². The van der Waals surface area contributed by atoms with Gasteiger partial charge in [0, 0.05) is 17.7 Å². The number of rotatable bonds is 3. The number of hydrogen-bond acceptors (Lipinski definition) is 4. The van der Waals surface area contributed by atoms with Crippen LogP contribution in [-0.4, -0.2) is 25.1 Å². The van der Waals surface area contributed by atoms with Crippen molar-refractivity contribution in [3.05, 3.63) is 41.1 Å². The molecule has 2 aromatic heterocycles. The summed E-state index contributed by atoms with van der Waals surface area (Å²) in [6.07, 6.45) is 4.67. The van der Waals surface area contributed by atoms with Crippen molar-refractivity contribution in [2.45, 2.75) is 24.8 Å². The van der Waals surface area contributed by atoms with Crippen LogP contribution in [0.3, 0.4) is 0 Å². The Hall–Kier alpha value is -2.35. The average Bonchev–Trinajstić information content (AvgIpc) is 3.17. The fraction of sp³-hybridized carbons (Fsp3) is 0.389. The van der Waals surface area contributed by atoms with Crippen LogP contribution in [0, 0.1) is 35.2 Å². The van der Waals surface area contributed by atoms with Crippen LogP contribution in [0.4, 0.5) is 19.0 Å². The lowest BCUT2D eigenvalue weighted by molar-refractivity contribution is 0.547. The fourth-order valence-electron chi connectivity index (χ4n) is 5.51. The van der Waals surface area contributed by atoms with E-state index in [-0.39, 0.29) is 22.0 Å². The molecule has 4 saturated carbocycles. The number of nitrogens with one attached hydrogen (secondary N) is 1. The monoisotopic (exact) mass is 391 g/mol. The highest BCUT2D eigenvalue weighted by molar-refractivity contribution is 6.33. The normalized spacial score (nSPS) is 30.3. The van der Waals surface area contributed by atoms with E-state index in [1.54, 1.807) is 0 Å². The minimum absolute atomic E-state index is 0.0359. The van der Waals surface area contributed by atoms with Gasteiger partial charge in [-0.05, 0) is 37.0 Å². The summed E-state index contributed by atoms with van der Waals surface area (Å²) in [5.41, 5.74) is -0.475. The molecule has 27 heavy (non-hydrogen) atoms. The molecule has 5 nitrogen and oxygen atoms in total. The Morgan fingerprint density at radius 1 is 1.11 bits per heavy atom. The molecular weight excluding hydrogens is 379 g/mol. The van der Waals surface area contributed by atoms with E-state index in [1.807, 2.05) is 0 Å². The third kappa shape index (κ3) is 1.94. The number of nitrogens with zero attached hydrogens (tertiary/aromatic N) is 4. The molecule has 2 heterocycles. The Labute approximate surface area is 156 Å². The highest BCUT2D eigenvalue weighted by Gasteiger charge is 2.74. The maximum atomic E-state index is 14.5. The zero-order valence-corrected chi connectivity index (χ0v) is 14.6. The summed E-state index contributed by atoms with van der Waals surface area (Å²) in [7, 11) is 0. The third-order valence-electron chi connectivity index (χ3n) is 6.49. The summed E-state index contributed by atoms with van der Waals surface area (Å²) < 4.78 is 43.9. The number of halogens is 4. The molecule has 0 radical (unpaired) electrons. The van der Waals surface area contributed by atoms with Crippen molar-refractivity contribution in [2.24, 2.45) is 17.8 Å². The van der Waals surface area contributed by atoms with Crippen LogP contribution in [0.1, 0.15) is 19.3 Å². The second kappa shape index (κ2) is 4.92. The molecule has 2 atom stereocenters. The molecule has 4 aliphatic carbocycles. The molecule has 9 heteroatoms. The molecule has 4 bridgehead atoms. The molecule has 0 saturated heterocycles. The standard InChI is InChI=1S/C18H13ClF3N5/c19-15-14(13-11(21)3-8(20)4-12(13)22)16(27-17(25-15)23-6-24-27)26-18-5-7-1-9(18)10(18)2-7/h3-4,6-7,9-10,26H,1-2,5H2. The first kappa shape index (κ1) is 15.7. The predicted octanol–water partition coefficient (Wildman–Crippen LogP) is 4.07. The lowest BCUT2D eigenvalue weighted by Crippen LogP contribution is -2.24. The van der Waals surface area contributed by atoms with Gasteiger partial charge in [0.25, 0.3) is 5.78 Å². The van der Waals surface area contributed by atoms with E-state index in [4.69, 9.17) is 11.6 Å². The molecule has 138 valence electrons. The second-order valence-corrected chi connectivity index (χ2v) is 8.12. The van der Waals surface area contributed by atoms with E-state index < -0.39 is 23.0 Å². The number of benzene rings is 1. The average molecular weight is 392 g/mol. The van der Waals surface area contributed by atoms with Gasteiger partial charge in [-0.3, -0.25) is 0 Å². The number of fused-ring (bicyclic) bond motifs is 1. The maximum absolute atomic E-state index is 14.5. The second-order valence-electron chi connectivity index (χ2n) is 7.76. The first-order valence-corrected chi connectivity index (χ1v) is 9.18. The van der Waals surface area contributed by atoms with Crippen molar-refractivity contribution in [1.29, 1.82) is 0 Å².